The zero-order valence-electron chi connectivity index (χ0n) is 17.8. The van der Waals surface area contributed by atoms with Gasteiger partial charge in [-0.25, -0.2) is 6.57 Å². The van der Waals surface area contributed by atoms with Gasteiger partial charge in [-0.2, -0.15) is 13.2 Å². The SMILES string of the molecule is [C-]#[N+]CC1(C(C)(C)C)CCN(Cc2ccc(-c3ccc(C(F)(F)F)cc3)nc2)CC1. The molecule has 0 N–H and O–H groups in total. The lowest BCUT2D eigenvalue weighted by atomic mass is 9.61. The summed E-state index contributed by atoms with van der Waals surface area (Å²) in [4.78, 5) is 10.6. The van der Waals surface area contributed by atoms with Crippen LogP contribution >= 0.6 is 0 Å². The van der Waals surface area contributed by atoms with E-state index < -0.39 is 11.7 Å². The van der Waals surface area contributed by atoms with E-state index in [9.17, 15) is 13.2 Å². The number of hydrogen-bond acceptors (Lipinski definition) is 2. The van der Waals surface area contributed by atoms with Crippen LogP contribution in [0, 0.1) is 17.4 Å². The van der Waals surface area contributed by atoms with Crippen LogP contribution in [0.15, 0.2) is 42.6 Å². The molecule has 3 rings (SSSR count). The number of aromatic nitrogens is 1. The number of rotatable bonds is 4. The molecular formula is C24H28F3N3. The average molecular weight is 416 g/mol. The molecule has 30 heavy (non-hydrogen) atoms. The van der Waals surface area contributed by atoms with Crippen molar-refractivity contribution < 1.29 is 13.2 Å². The van der Waals surface area contributed by atoms with E-state index in [4.69, 9.17) is 6.57 Å². The van der Waals surface area contributed by atoms with Crippen LogP contribution in [-0.2, 0) is 12.7 Å². The summed E-state index contributed by atoms with van der Waals surface area (Å²) in [6.07, 6.45) is -0.507. The third-order valence-corrected chi connectivity index (χ3v) is 6.52. The molecule has 1 aromatic heterocycles. The van der Waals surface area contributed by atoms with E-state index in [2.05, 4.69) is 35.5 Å². The van der Waals surface area contributed by atoms with Crippen molar-refractivity contribution in [3.05, 3.63) is 65.1 Å². The molecule has 1 aliphatic rings. The summed E-state index contributed by atoms with van der Waals surface area (Å²) in [5, 5.41) is 0. The monoisotopic (exact) mass is 415 g/mol. The van der Waals surface area contributed by atoms with Gasteiger partial charge >= 0.3 is 6.18 Å². The van der Waals surface area contributed by atoms with Gasteiger partial charge in [-0.3, -0.25) is 9.88 Å². The van der Waals surface area contributed by atoms with Gasteiger partial charge in [0.25, 0.3) is 0 Å². The molecule has 160 valence electrons. The molecule has 0 atom stereocenters. The van der Waals surface area contributed by atoms with Gasteiger partial charge < -0.3 is 4.85 Å². The molecule has 1 saturated heterocycles. The Kier molecular flexibility index (Phi) is 6.24. The highest BCUT2D eigenvalue weighted by molar-refractivity contribution is 5.59. The molecule has 1 aromatic carbocycles. The van der Waals surface area contributed by atoms with Crippen molar-refractivity contribution in [3.8, 4) is 11.3 Å². The van der Waals surface area contributed by atoms with E-state index in [0.29, 0.717) is 17.8 Å². The minimum absolute atomic E-state index is 0.0654. The van der Waals surface area contributed by atoms with Crippen LogP contribution in [0.3, 0.4) is 0 Å². The highest BCUT2D eigenvalue weighted by Gasteiger charge is 2.46. The van der Waals surface area contributed by atoms with Crippen LogP contribution in [-0.4, -0.2) is 29.5 Å². The zero-order chi connectivity index (χ0) is 22.0. The van der Waals surface area contributed by atoms with Gasteiger partial charge in [0.1, 0.15) is 0 Å². The van der Waals surface area contributed by atoms with Gasteiger partial charge in [-0.1, -0.05) is 39.0 Å². The van der Waals surface area contributed by atoms with Crippen molar-refractivity contribution >= 4 is 0 Å². The Balaban J connectivity index is 1.62. The minimum Gasteiger partial charge on any atom is -0.316 e. The van der Waals surface area contributed by atoms with Crippen LogP contribution in [0.5, 0.6) is 0 Å². The second-order valence-corrected chi connectivity index (χ2v) is 9.25. The average Bonchev–Trinajstić information content (AvgIpc) is 2.69. The Morgan fingerprint density at radius 3 is 2.13 bits per heavy atom. The molecule has 1 fully saturated rings. The van der Waals surface area contributed by atoms with Crippen molar-refractivity contribution in [3.63, 3.8) is 0 Å². The Labute approximate surface area is 176 Å². The summed E-state index contributed by atoms with van der Waals surface area (Å²) in [5.74, 6) is 0. The first-order chi connectivity index (χ1) is 14.0. The lowest BCUT2D eigenvalue weighted by molar-refractivity contribution is -0.137. The molecule has 0 unspecified atom stereocenters. The highest BCUT2D eigenvalue weighted by atomic mass is 19.4. The summed E-state index contributed by atoms with van der Waals surface area (Å²) in [7, 11) is 0. The van der Waals surface area contributed by atoms with Gasteiger partial charge in [0.2, 0.25) is 6.54 Å². The van der Waals surface area contributed by atoms with Gasteiger partial charge in [0, 0.05) is 23.7 Å². The molecule has 0 radical (unpaired) electrons. The number of benzene rings is 1. The van der Waals surface area contributed by atoms with Crippen LogP contribution in [0.2, 0.25) is 0 Å². The van der Waals surface area contributed by atoms with Crippen LogP contribution in [0.4, 0.5) is 13.2 Å². The third-order valence-electron chi connectivity index (χ3n) is 6.52. The summed E-state index contributed by atoms with van der Waals surface area (Å²) >= 11 is 0. The molecule has 0 aliphatic carbocycles. The zero-order valence-corrected chi connectivity index (χ0v) is 17.8. The largest absolute Gasteiger partial charge is 0.416 e. The molecule has 3 nitrogen and oxygen atoms in total. The summed E-state index contributed by atoms with van der Waals surface area (Å²) in [6, 6.07) is 8.94. The summed E-state index contributed by atoms with van der Waals surface area (Å²) < 4.78 is 38.2. The fraction of sp³-hybridized carbons (Fsp3) is 0.500. The van der Waals surface area contributed by atoms with Crippen LogP contribution < -0.4 is 0 Å². The minimum atomic E-state index is -4.33. The second kappa shape index (κ2) is 8.39. The number of halogens is 3. The van der Waals surface area contributed by atoms with E-state index in [1.54, 1.807) is 6.20 Å². The Morgan fingerprint density at radius 1 is 1.03 bits per heavy atom. The molecule has 0 bridgehead atoms. The van der Waals surface area contributed by atoms with E-state index in [1.807, 2.05) is 12.1 Å². The normalized spacial score (nSPS) is 17.5. The number of piperidine rings is 1. The lowest BCUT2D eigenvalue weighted by Gasteiger charge is -2.46. The maximum Gasteiger partial charge on any atom is 0.416 e. The topological polar surface area (TPSA) is 20.5 Å². The number of nitrogens with zero attached hydrogens (tertiary/aromatic N) is 3. The van der Waals surface area contributed by atoms with E-state index in [1.165, 1.54) is 12.1 Å². The van der Waals surface area contributed by atoms with Gasteiger partial charge in [0.15, 0.2) is 0 Å². The maximum absolute atomic E-state index is 12.7. The lowest BCUT2D eigenvalue weighted by Crippen LogP contribution is -2.47. The summed E-state index contributed by atoms with van der Waals surface area (Å²) in [5.41, 5.74) is 1.93. The smallest absolute Gasteiger partial charge is 0.316 e. The highest BCUT2D eigenvalue weighted by Crippen LogP contribution is 2.47. The van der Waals surface area contributed by atoms with Crippen molar-refractivity contribution in [2.45, 2.75) is 46.3 Å². The van der Waals surface area contributed by atoms with Crippen LogP contribution in [0.1, 0.15) is 44.7 Å². The van der Waals surface area contributed by atoms with Crippen molar-refractivity contribution in [2.75, 3.05) is 19.6 Å². The number of hydrogen-bond donors (Lipinski definition) is 0. The predicted molar refractivity (Wildman–Crippen MR) is 113 cm³/mol. The second-order valence-electron chi connectivity index (χ2n) is 9.25. The van der Waals surface area contributed by atoms with Crippen molar-refractivity contribution in [2.24, 2.45) is 10.8 Å². The van der Waals surface area contributed by atoms with Crippen LogP contribution in [0.25, 0.3) is 16.1 Å². The molecule has 6 heteroatoms. The van der Waals surface area contributed by atoms with Crippen molar-refractivity contribution in [1.82, 2.24) is 9.88 Å². The Morgan fingerprint density at radius 2 is 1.67 bits per heavy atom. The molecule has 0 saturated carbocycles. The first-order valence-corrected chi connectivity index (χ1v) is 10.2. The van der Waals surface area contributed by atoms with E-state index in [0.717, 1.165) is 50.2 Å². The fourth-order valence-corrected chi connectivity index (χ4v) is 4.21. The number of likely N-dealkylation sites (tertiary alicyclic amines) is 1. The molecule has 0 amide bonds. The molecular weight excluding hydrogens is 387 g/mol. The quantitative estimate of drug-likeness (QED) is 0.545. The fourth-order valence-electron chi connectivity index (χ4n) is 4.21. The molecule has 2 heterocycles. The van der Waals surface area contributed by atoms with E-state index >= 15 is 0 Å². The van der Waals surface area contributed by atoms with Gasteiger partial charge in [-0.05, 0) is 55.1 Å². The third kappa shape index (κ3) is 4.84. The Hall–Kier alpha value is -2.39. The summed E-state index contributed by atoms with van der Waals surface area (Å²) in [6.45, 7) is 17.3. The molecule has 0 spiro atoms. The first kappa shape index (κ1) is 22.3. The van der Waals surface area contributed by atoms with Crippen molar-refractivity contribution in [1.29, 1.82) is 0 Å². The van der Waals surface area contributed by atoms with Gasteiger partial charge in [-0.15, -0.1) is 0 Å². The number of alkyl halides is 3. The Bertz CT molecular complexity index is 880. The number of pyridine rings is 1. The van der Waals surface area contributed by atoms with E-state index in [-0.39, 0.29) is 10.8 Å². The van der Waals surface area contributed by atoms with Gasteiger partial charge in [0.05, 0.1) is 11.3 Å². The molecule has 2 aromatic rings. The molecule has 1 aliphatic heterocycles. The first-order valence-electron chi connectivity index (χ1n) is 10.2. The predicted octanol–water partition coefficient (Wildman–Crippen LogP) is 6.31. The standard InChI is InChI=1S/C24H28F3N3/c1-22(2,3)23(17-28-4)11-13-30(14-12-23)16-18-5-10-21(29-15-18)19-6-8-20(9-7-19)24(25,26)27/h5-10,15H,11-14,16-17H2,1-3H3. The maximum atomic E-state index is 12.7.